The van der Waals surface area contributed by atoms with E-state index in [1.54, 1.807) is 6.07 Å². The Morgan fingerprint density at radius 2 is 2.28 bits per heavy atom. The van der Waals surface area contributed by atoms with E-state index in [-0.39, 0.29) is 5.75 Å². The van der Waals surface area contributed by atoms with Crippen molar-refractivity contribution in [1.29, 1.82) is 0 Å². The van der Waals surface area contributed by atoms with Crippen LogP contribution < -0.4 is 0 Å². The summed E-state index contributed by atoms with van der Waals surface area (Å²) in [6, 6.07) is 4.57. The van der Waals surface area contributed by atoms with E-state index in [4.69, 9.17) is 20.9 Å². The van der Waals surface area contributed by atoms with Crippen LogP contribution in [-0.2, 0) is 11.2 Å². The Hall–Kier alpha value is -1.59. The van der Waals surface area contributed by atoms with Gasteiger partial charge in [0.15, 0.2) is 5.82 Å². The number of aromatic hydroxyl groups is 1. The van der Waals surface area contributed by atoms with Gasteiger partial charge in [0.25, 0.3) is 5.89 Å². The summed E-state index contributed by atoms with van der Waals surface area (Å²) in [7, 11) is 0. The van der Waals surface area contributed by atoms with Crippen LogP contribution in [0.15, 0.2) is 22.7 Å². The molecular formula is C12H13ClN2O3. The molecule has 0 radical (unpaired) electrons. The van der Waals surface area contributed by atoms with E-state index < -0.39 is 0 Å². The van der Waals surface area contributed by atoms with Gasteiger partial charge in [0, 0.05) is 13.0 Å². The molecule has 6 heteroatoms. The number of ether oxygens (including phenoxy) is 1. The third-order valence-electron chi connectivity index (χ3n) is 2.32. The molecule has 0 unspecified atom stereocenters. The Balaban J connectivity index is 2.16. The minimum absolute atomic E-state index is 0.100. The van der Waals surface area contributed by atoms with Gasteiger partial charge in [-0.2, -0.15) is 4.98 Å². The highest BCUT2D eigenvalue weighted by molar-refractivity contribution is 6.33. The van der Waals surface area contributed by atoms with Crippen molar-refractivity contribution in [2.45, 2.75) is 13.3 Å². The summed E-state index contributed by atoms with van der Waals surface area (Å²) in [6.07, 6.45) is 0.577. The highest BCUT2D eigenvalue weighted by atomic mass is 35.5. The van der Waals surface area contributed by atoms with Gasteiger partial charge in [0.1, 0.15) is 5.75 Å². The van der Waals surface area contributed by atoms with E-state index in [2.05, 4.69) is 10.1 Å². The first-order chi connectivity index (χ1) is 8.70. The van der Waals surface area contributed by atoms with Crippen LogP contribution in [0.2, 0.25) is 5.02 Å². The van der Waals surface area contributed by atoms with Gasteiger partial charge in [-0.15, -0.1) is 0 Å². The molecular weight excluding hydrogens is 256 g/mol. The monoisotopic (exact) mass is 268 g/mol. The topological polar surface area (TPSA) is 68.4 Å². The van der Waals surface area contributed by atoms with Crippen LogP contribution in [0.4, 0.5) is 0 Å². The maximum absolute atomic E-state index is 9.41. The zero-order valence-electron chi connectivity index (χ0n) is 9.89. The summed E-state index contributed by atoms with van der Waals surface area (Å²) >= 11 is 6.00. The number of hydrogen-bond acceptors (Lipinski definition) is 5. The van der Waals surface area contributed by atoms with Gasteiger partial charge in [-0.3, -0.25) is 0 Å². The van der Waals surface area contributed by atoms with Crippen molar-refractivity contribution in [1.82, 2.24) is 10.1 Å². The van der Waals surface area contributed by atoms with Gasteiger partial charge in [-0.25, -0.2) is 0 Å². The zero-order chi connectivity index (χ0) is 13.0. The SMILES string of the molecule is CCOCCc1noc(-c2cc(O)ccc2Cl)n1. The van der Waals surface area contributed by atoms with Gasteiger partial charge in [0.2, 0.25) is 0 Å². The molecule has 2 rings (SSSR count). The Morgan fingerprint density at radius 3 is 3.06 bits per heavy atom. The molecule has 0 fully saturated rings. The van der Waals surface area contributed by atoms with Gasteiger partial charge in [-0.05, 0) is 25.1 Å². The number of rotatable bonds is 5. The normalized spacial score (nSPS) is 10.8. The van der Waals surface area contributed by atoms with Crippen LogP contribution in [0.3, 0.4) is 0 Å². The predicted octanol–water partition coefficient (Wildman–Crippen LogP) is 2.67. The summed E-state index contributed by atoms with van der Waals surface area (Å²) in [4.78, 5) is 4.20. The largest absolute Gasteiger partial charge is 0.508 e. The Morgan fingerprint density at radius 1 is 1.44 bits per heavy atom. The lowest BCUT2D eigenvalue weighted by Gasteiger charge is -1.98. The quantitative estimate of drug-likeness (QED) is 0.845. The average Bonchev–Trinajstić information content (AvgIpc) is 2.81. The fourth-order valence-corrected chi connectivity index (χ4v) is 1.65. The number of benzene rings is 1. The molecule has 1 aromatic carbocycles. The van der Waals surface area contributed by atoms with Crippen LogP contribution in [0.5, 0.6) is 5.75 Å². The van der Waals surface area contributed by atoms with Crippen molar-refractivity contribution in [3.05, 3.63) is 29.0 Å². The molecule has 18 heavy (non-hydrogen) atoms. The molecule has 0 aliphatic rings. The molecule has 1 aromatic heterocycles. The molecule has 2 aromatic rings. The molecule has 1 N–H and O–H groups in total. The lowest BCUT2D eigenvalue weighted by molar-refractivity contribution is 0.149. The summed E-state index contributed by atoms with van der Waals surface area (Å²) in [5.74, 6) is 0.948. The maximum Gasteiger partial charge on any atom is 0.259 e. The Kier molecular flexibility index (Phi) is 4.17. The highest BCUT2D eigenvalue weighted by Crippen LogP contribution is 2.29. The lowest BCUT2D eigenvalue weighted by atomic mass is 10.2. The van der Waals surface area contributed by atoms with Crippen molar-refractivity contribution in [2.75, 3.05) is 13.2 Å². The molecule has 0 aliphatic carbocycles. The molecule has 0 bridgehead atoms. The number of halogens is 1. The lowest BCUT2D eigenvalue weighted by Crippen LogP contribution is -1.99. The third kappa shape index (κ3) is 3.00. The molecule has 0 spiro atoms. The van der Waals surface area contributed by atoms with Crippen LogP contribution in [-0.4, -0.2) is 28.5 Å². The van der Waals surface area contributed by atoms with Crippen molar-refractivity contribution in [3.63, 3.8) is 0 Å². The zero-order valence-corrected chi connectivity index (χ0v) is 10.6. The van der Waals surface area contributed by atoms with Crippen LogP contribution >= 0.6 is 11.6 Å². The summed E-state index contributed by atoms with van der Waals surface area (Å²) in [6.45, 7) is 3.13. The Bertz CT molecular complexity index is 528. The van der Waals surface area contributed by atoms with Crippen LogP contribution in [0, 0.1) is 0 Å². The summed E-state index contributed by atoms with van der Waals surface area (Å²) < 4.78 is 10.3. The minimum atomic E-state index is 0.100. The smallest absolute Gasteiger partial charge is 0.259 e. The third-order valence-corrected chi connectivity index (χ3v) is 2.65. The van der Waals surface area contributed by atoms with Gasteiger partial charge in [0.05, 0.1) is 17.2 Å². The Labute approximate surface area is 109 Å². The average molecular weight is 269 g/mol. The van der Waals surface area contributed by atoms with Crippen molar-refractivity contribution in [3.8, 4) is 17.2 Å². The molecule has 0 saturated heterocycles. The van der Waals surface area contributed by atoms with Gasteiger partial charge >= 0.3 is 0 Å². The maximum atomic E-state index is 9.41. The fraction of sp³-hybridized carbons (Fsp3) is 0.333. The molecule has 0 saturated carbocycles. The van der Waals surface area contributed by atoms with E-state index in [0.29, 0.717) is 41.9 Å². The standard InChI is InChI=1S/C12H13ClN2O3/c1-2-17-6-5-11-14-12(18-15-11)9-7-8(16)3-4-10(9)13/h3-4,7,16H,2,5-6H2,1H3. The minimum Gasteiger partial charge on any atom is -0.508 e. The molecule has 0 amide bonds. The first-order valence-corrected chi connectivity index (χ1v) is 5.97. The molecule has 0 aliphatic heterocycles. The molecule has 96 valence electrons. The molecule has 1 heterocycles. The summed E-state index contributed by atoms with van der Waals surface area (Å²) in [5.41, 5.74) is 0.520. The number of nitrogens with zero attached hydrogens (tertiary/aromatic N) is 2. The van der Waals surface area contributed by atoms with Crippen molar-refractivity contribution in [2.24, 2.45) is 0 Å². The highest BCUT2D eigenvalue weighted by Gasteiger charge is 2.12. The van der Waals surface area contributed by atoms with Gasteiger partial charge in [-0.1, -0.05) is 16.8 Å². The van der Waals surface area contributed by atoms with Crippen molar-refractivity contribution >= 4 is 11.6 Å². The number of hydrogen-bond donors (Lipinski definition) is 1. The summed E-state index contributed by atoms with van der Waals surface area (Å²) in [5, 5.41) is 13.7. The molecule has 0 atom stereocenters. The van der Waals surface area contributed by atoms with Crippen LogP contribution in [0.25, 0.3) is 11.5 Å². The molecule has 5 nitrogen and oxygen atoms in total. The van der Waals surface area contributed by atoms with Crippen LogP contribution in [0.1, 0.15) is 12.7 Å². The van der Waals surface area contributed by atoms with E-state index >= 15 is 0 Å². The number of aromatic nitrogens is 2. The first-order valence-electron chi connectivity index (χ1n) is 5.60. The number of phenolic OH excluding ortho intramolecular Hbond substituents is 1. The van der Waals surface area contributed by atoms with E-state index in [1.165, 1.54) is 12.1 Å². The van der Waals surface area contributed by atoms with E-state index in [9.17, 15) is 5.11 Å². The van der Waals surface area contributed by atoms with Crippen molar-refractivity contribution < 1.29 is 14.4 Å². The second-order valence-corrected chi connectivity index (χ2v) is 4.03. The van der Waals surface area contributed by atoms with E-state index in [1.807, 2.05) is 6.92 Å². The first kappa shape index (κ1) is 12.9. The fourth-order valence-electron chi connectivity index (χ4n) is 1.45. The van der Waals surface area contributed by atoms with Gasteiger partial charge < -0.3 is 14.4 Å². The van der Waals surface area contributed by atoms with E-state index in [0.717, 1.165) is 0 Å². The predicted molar refractivity (Wildman–Crippen MR) is 66.6 cm³/mol. The number of phenols is 1. The second-order valence-electron chi connectivity index (χ2n) is 3.63. The second kappa shape index (κ2) is 5.84.